The van der Waals surface area contributed by atoms with Crippen LogP contribution in [0, 0.1) is 10.1 Å². The molecule has 0 radical (unpaired) electrons. The topological polar surface area (TPSA) is 83.1 Å². The predicted octanol–water partition coefficient (Wildman–Crippen LogP) is 1.18. The maximum Gasteiger partial charge on any atom is 0.390 e. The average Bonchev–Trinajstić information content (AvgIpc) is 2.78. The molecule has 0 N–H and O–H groups in total. The summed E-state index contributed by atoms with van der Waals surface area (Å²) in [5.41, 5.74) is 0.653. The van der Waals surface area contributed by atoms with E-state index >= 15 is 0 Å². The quantitative estimate of drug-likeness (QED) is 0.573. The molecule has 0 fully saturated rings. The first-order valence-corrected chi connectivity index (χ1v) is 4.41. The predicted molar refractivity (Wildman–Crippen MR) is 54.6 cm³/mol. The molecule has 0 aromatic carbocycles. The Balaban J connectivity index is 2.38. The van der Waals surface area contributed by atoms with Crippen LogP contribution in [-0.4, -0.2) is 26.8 Å². The largest absolute Gasteiger partial charge is 0.481 e. The van der Waals surface area contributed by atoms with Crippen LogP contribution < -0.4 is 4.74 Å². The minimum atomic E-state index is -0.547. The second kappa shape index (κ2) is 3.97. The molecule has 0 amide bonds. The van der Waals surface area contributed by atoms with Crippen LogP contribution in [0.1, 0.15) is 0 Å². The van der Waals surface area contributed by atoms with Gasteiger partial charge in [-0.2, -0.15) is 0 Å². The minimum absolute atomic E-state index is 0.198. The van der Waals surface area contributed by atoms with Crippen molar-refractivity contribution in [3.05, 3.63) is 40.7 Å². The molecule has 82 valence electrons. The van der Waals surface area contributed by atoms with E-state index in [2.05, 4.69) is 10.1 Å². The van der Waals surface area contributed by atoms with E-state index in [1.54, 1.807) is 18.3 Å². The first-order chi connectivity index (χ1) is 7.70. The summed E-state index contributed by atoms with van der Waals surface area (Å²) in [4.78, 5) is 13.8. The molecule has 0 saturated carbocycles. The zero-order valence-electron chi connectivity index (χ0n) is 8.40. The summed E-state index contributed by atoms with van der Waals surface area (Å²) < 4.78 is 6.34. The smallest absolute Gasteiger partial charge is 0.390 e. The Hall–Kier alpha value is -2.44. The van der Waals surface area contributed by atoms with Gasteiger partial charge in [0.25, 0.3) is 0 Å². The summed E-state index contributed by atoms with van der Waals surface area (Å²) in [5.74, 6) is 0.228. The van der Waals surface area contributed by atoms with Gasteiger partial charge in [-0.25, -0.2) is 4.98 Å². The Labute approximate surface area is 90.4 Å². The van der Waals surface area contributed by atoms with Crippen LogP contribution in [0.25, 0.3) is 5.69 Å². The van der Waals surface area contributed by atoms with E-state index in [-0.39, 0.29) is 5.82 Å². The molecule has 7 nitrogen and oxygen atoms in total. The van der Waals surface area contributed by atoms with Gasteiger partial charge in [-0.15, -0.1) is 4.68 Å². The van der Waals surface area contributed by atoms with Crippen molar-refractivity contribution in [2.24, 2.45) is 0 Å². The summed E-state index contributed by atoms with van der Waals surface area (Å²) in [6, 6.07) is 4.64. The minimum Gasteiger partial charge on any atom is -0.481 e. The molecule has 0 aliphatic rings. The van der Waals surface area contributed by atoms with E-state index in [1.807, 2.05) is 0 Å². The van der Waals surface area contributed by atoms with Crippen LogP contribution in [0.2, 0.25) is 0 Å². The fraction of sp³-hybridized carbons (Fsp3) is 0.111. The van der Waals surface area contributed by atoms with E-state index in [9.17, 15) is 10.1 Å². The number of hydrogen-bond donors (Lipinski definition) is 0. The van der Waals surface area contributed by atoms with Gasteiger partial charge in [-0.05, 0) is 11.0 Å². The molecule has 2 aromatic heterocycles. The number of nitrogens with zero attached hydrogens (tertiary/aromatic N) is 4. The fourth-order valence-corrected chi connectivity index (χ4v) is 1.21. The number of nitro groups is 1. The van der Waals surface area contributed by atoms with Crippen LogP contribution in [0.5, 0.6) is 5.88 Å². The van der Waals surface area contributed by atoms with Crippen molar-refractivity contribution in [2.75, 3.05) is 7.11 Å². The fourth-order valence-electron chi connectivity index (χ4n) is 1.21. The lowest BCUT2D eigenvalue weighted by Gasteiger charge is -1.99. The van der Waals surface area contributed by atoms with Gasteiger partial charge in [0.05, 0.1) is 30.2 Å². The van der Waals surface area contributed by atoms with Crippen LogP contribution in [-0.2, 0) is 0 Å². The molecule has 0 saturated heterocycles. The third kappa shape index (κ3) is 1.83. The van der Waals surface area contributed by atoms with Crippen molar-refractivity contribution in [2.45, 2.75) is 0 Å². The second-order valence-electron chi connectivity index (χ2n) is 2.93. The van der Waals surface area contributed by atoms with Crippen LogP contribution in [0.15, 0.2) is 30.6 Å². The maximum absolute atomic E-state index is 10.5. The molecule has 2 rings (SSSR count). The van der Waals surface area contributed by atoms with Gasteiger partial charge in [-0.1, -0.05) is 0 Å². The number of hydrogen-bond acceptors (Lipinski definition) is 5. The van der Waals surface area contributed by atoms with E-state index in [1.165, 1.54) is 24.1 Å². The third-order valence-electron chi connectivity index (χ3n) is 1.95. The Bertz CT molecular complexity index is 523. The van der Waals surface area contributed by atoms with Gasteiger partial charge < -0.3 is 14.9 Å². The first-order valence-electron chi connectivity index (χ1n) is 4.41. The highest BCUT2D eigenvalue weighted by Crippen LogP contribution is 2.15. The molecule has 2 heterocycles. The van der Waals surface area contributed by atoms with E-state index in [4.69, 9.17) is 4.74 Å². The molecule has 0 unspecified atom stereocenters. The van der Waals surface area contributed by atoms with Crippen LogP contribution in [0.3, 0.4) is 0 Å². The molecular weight excluding hydrogens is 212 g/mol. The number of methoxy groups -OCH3 is 1. The number of rotatable bonds is 3. The average molecular weight is 220 g/mol. The van der Waals surface area contributed by atoms with E-state index in [0.717, 1.165) is 0 Å². The van der Waals surface area contributed by atoms with Crippen molar-refractivity contribution >= 4 is 5.82 Å². The Morgan fingerprint density at radius 3 is 2.94 bits per heavy atom. The third-order valence-corrected chi connectivity index (χ3v) is 1.95. The second-order valence-corrected chi connectivity index (χ2v) is 2.93. The van der Waals surface area contributed by atoms with Gasteiger partial charge in [0, 0.05) is 12.3 Å². The van der Waals surface area contributed by atoms with Crippen LogP contribution >= 0.6 is 0 Å². The highest BCUT2D eigenvalue weighted by atomic mass is 16.6. The summed E-state index contributed by atoms with van der Waals surface area (Å²) in [7, 11) is 1.50. The highest BCUT2D eigenvalue weighted by Gasteiger charge is 2.12. The van der Waals surface area contributed by atoms with E-state index in [0.29, 0.717) is 11.6 Å². The molecule has 0 atom stereocenters. The van der Waals surface area contributed by atoms with Gasteiger partial charge in [0.15, 0.2) is 0 Å². The lowest BCUT2D eigenvalue weighted by molar-refractivity contribution is -0.389. The standard InChI is InChI=1S/C9H8N4O3/c1-16-9-6-7(2-4-10-9)12-5-3-8(11-12)13(14)15/h2-6H,1H3. The summed E-state index contributed by atoms with van der Waals surface area (Å²) in [6.07, 6.45) is 3.05. The monoisotopic (exact) mass is 220 g/mol. The summed E-state index contributed by atoms with van der Waals surface area (Å²) >= 11 is 0. The molecule has 7 heteroatoms. The molecular formula is C9H8N4O3. The van der Waals surface area contributed by atoms with Gasteiger partial charge >= 0.3 is 5.82 Å². The maximum atomic E-state index is 10.5. The van der Waals surface area contributed by atoms with Crippen molar-refractivity contribution in [3.8, 4) is 11.6 Å². The van der Waals surface area contributed by atoms with Crippen molar-refractivity contribution in [1.82, 2.24) is 14.8 Å². The molecule has 2 aromatic rings. The van der Waals surface area contributed by atoms with Gasteiger partial charge in [-0.3, -0.25) is 0 Å². The van der Waals surface area contributed by atoms with Crippen molar-refractivity contribution < 1.29 is 9.66 Å². The SMILES string of the molecule is COc1cc(-n2ccc([N+](=O)[O-])n2)ccn1. The van der Waals surface area contributed by atoms with Crippen LogP contribution in [0.4, 0.5) is 5.82 Å². The summed E-state index contributed by atoms with van der Waals surface area (Å²) in [6.45, 7) is 0. The Morgan fingerprint density at radius 1 is 1.50 bits per heavy atom. The molecule has 0 spiro atoms. The molecule has 0 bridgehead atoms. The molecule has 0 aliphatic heterocycles. The van der Waals surface area contributed by atoms with Crippen molar-refractivity contribution in [1.29, 1.82) is 0 Å². The van der Waals surface area contributed by atoms with Gasteiger partial charge in [0.1, 0.15) is 0 Å². The normalized spacial score (nSPS) is 10.1. The Morgan fingerprint density at radius 2 is 2.31 bits per heavy atom. The molecule has 16 heavy (non-hydrogen) atoms. The molecule has 0 aliphatic carbocycles. The zero-order chi connectivity index (χ0) is 11.5. The highest BCUT2D eigenvalue weighted by molar-refractivity contribution is 5.35. The lowest BCUT2D eigenvalue weighted by atomic mass is 10.4. The first kappa shape index (κ1) is 10.1. The zero-order valence-corrected chi connectivity index (χ0v) is 8.40. The number of ether oxygens (including phenoxy) is 1. The Kier molecular flexibility index (Phi) is 2.50. The van der Waals surface area contributed by atoms with E-state index < -0.39 is 4.92 Å². The summed E-state index contributed by atoms with van der Waals surface area (Å²) in [5, 5.41) is 14.3. The number of pyridine rings is 1. The number of aromatic nitrogens is 3. The van der Waals surface area contributed by atoms with Gasteiger partial charge in [0.2, 0.25) is 5.88 Å². The van der Waals surface area contributed by atoms with Crippen molar-refractivity contribution in [3.63, 3.8) is 0 Å². The lowest BCUT2D eigenvalue weighted by Crippen LogP contribution is -1.98.